The van der Waals surface area contributed by atoms with Gasteiger partial charge in [-0.05, 0) is 26.6 Å². The van der Waals surface area contributed by atoms with E-state index in [-0.39, 0.29) is 6.29 Å². The van der Waals surface area contributed by atoms with Gasteiger partial charge in [0.15, 0.2) is 0 Å². The van der Waals surface area contributed by atoms with E-state index < -0.39 is 16.0 Å². The molecule has 0 aromatic carbocycles. The minimum absolute atomic E-state index is 0.161. The van der Waals surface area contributed by atoms with E-state index in [1.54, 1.807) is 0 Å². The van der Waals surface area contributed by atoms with E-state index in [1.807, 2.05) is 0 Å². The lowest BCUT2D eigenvalue weighted by Gasteiger charge is -1.91. The number of aldehydes is 1. The first kappa shape index (κ1) is 7.73. The number of carbonyl (C=O) groups excluding carboxylic acids is 1. The summed E-state index contributed by atoms with van der Waals surface area (Å²) in [6.45, 7) is 0. The molecule has 0 bridgehead atoms. The van der Waals surface area contributed by atoms with Crippen molar-refractivity contribution < 1.29 is 9.72 Å². The standard InChI is InChI=1S/C3HClN4O3/c4-3(1-9)5-2(6-7-3)8(10)11/h1H. The number of azo groups is 1. The fourth-order valence-corrected chi connectivity index (χ4v) is 0.540. The Morgan fingerprint density at radius 1 is 1.73 bits per heavy atom. The van der Waals surface area contributed by atoms with Crippen molar-refractivity contribution in [2.24, 2.45) is 15.2 Å². The molecule has 8 heteroatoms. The number of aliphatic imine (C=N–C) groups is 1. The third-order valence-corrected chi connectivity index (χ3v) is 1.10. The molecule has 0 aromatic rings. The molecule has 0 N–H and O–H groups in total. The molecule has 7 nitrogen and oxygen atoms in total. The predicted octanol–water partition coefficient (Wildman–Crippen LogP) is 0.176. The van der Waals surface area contributed by atoms with Gasteiger partial charge in [-0.2, -0.15) is 0 Å². The predicted molar refractivity (Wildman–Crippen MR) is 33.9 cm³/mol. The fraction of sp³-hybridized carbons (Fsp3) is 0.333. The number of rotatable bonds is 1. The van der Waals surface area contributed by atoms with Gasteiger partial charge in [0, 0.05) is 0 Å². The summed E-state index contributed by atoms with van der Waals surface area (Å²) in [5.41, 5.74) is 0. The van der Waals surface area contributed by atoms with Crippen LogP contribution in [0.3, 0.4) is 0 Å². The maximum atomic E-state index is 10.1. The molecule has 1 atom stereocenters. The van der Waals surface area contributed by atoms with Crippen LogP contribution in [0.1, 0.15) is 0 Å². The average molecular weight is 177 g/mol. The SMILES string of the molecule is O=CC1(Cl)N=NC([N+](=O)[O-])=N1. The number of carbonyl (C=O) groups is 1. The molecule has 0 aliphatic carbocycles. The van der Waals surface area contributed by atoms with E-state index in [4.69, 9.17) is 11.6 Å². The molecular weight excluding hydrogens is 176 g/mol. The minimum atomic E-state index is -1.91. The van der Waals surface area contributed by atoms with Crippen molar-refractivity contribution in [1.29, 1.82) is 0 Å². The molecule has 11 heavy (non-hydrogen) atoms. The van der Waals surface area contributed by atoms with Gasteiger partial charge < -0.3 is 10.1 Å². The molecule has 1 rings (SSSR count). The maximum Gasteiger partial charge on any atom is 0.490 e. The van der Waals surface area contributed by atoms with Crippen molar-refractivity contribution >= 4 is 23.8 Å². The highest BCUT2D eigenvalue weighted by Gasteiger charge is 2.40. The summed E-state index contributed by atoms with van der Waals surface area (Å²) < 4.78 is 0. The zero-order valence-corrected chi connectivity index (χ0v) is 5.72. The van der Waals surface area contributed by atoms with Crippen LogP contribution in [-0.4, -0.2) is 22.3 Å². The zero-order valence-electron chi connectivity index (χ0n) is 4.97. The van der Waals surface area contributed by atoms with Crippen LogP contribution in [-0.2, 0) is 4.79 Å². The number of hydrogen-bond donors (Lipinski definition) is 0. The third-order valence-electron chi connectivity index (χ3n) is 0.850. The molecule has 0 saturated heterocycles. The second-order valence-electron chi connectivity index (χ2n) is 1.62. The van der Waals surface area contributed by atoms with E-state index in [0.29, 0.717) is 0 Å². The normalized spacial score (nSPS) is 28.3. The molecule has 1 unspecified atom stereocenters. The van der Waals surface area contributed by atoms with Crippen LogP contribution >= 0.6 is 11.6 Å². The van der Waals surface area contributed by atoms with Gasteiger partial charge in [0.1, 0.15) is 0 Å². The van der Waals surface area contributed by atoms with Gasteiger partial charge >= 0.3 is 11.1 Å². The lowest BCUT2D eigenvalue weighted by molar-refractivity contribution is -0.352. The van der Waals surface area contributed by atoms with Gasteiger partial charge in [0.2, 0.25) is 6.29 Å². The molecule has 0 amide bonds. The molecule has 1 heterocycles. The Morgan fingerprint density at radius 3 is 2.64 bits per heavy atom. The van der Waals surface area contributed by atoms with Crippen LogP contribution in [0, 0.1) is 10.1 Å². The Hall–Kier alpha value is -1.37. The summed E-state index contributed by atoms with van der Waals surface area (Å²) in [7, 11) is 0. The molecule has 1 aliphatic heterocycles. The van der Waals surface area contributed by atoms with Crippen LogP contribution in [0.25, 0.3) is 0 Å². The molecule has 0 aromatic heterocycles. The van der Waals surface area contributed by atoms with E-state index >= 15 is 0 Å². The minimum Gasteiger partial charge on any atom is -0.390 e. The summed E-state index contributed by atoms with van der Waals surface area (Å²) in [5, 5.41) is 14.1. The van der Waals surface area contributed by atoms with Crippen molar-refractivity contribution in [3.8, 4) is 0 Å². The second kappa shape index (κ2) is 2.35. The van der Waals surface area contributed by atoms with Gasteiger partial charge in [-0.25, -0.2) is 0 Å². The van der Waals surface area contributed by atoms with E-state index in [1.165, 1.54) is 0 Å². The highest BCUT2D eigenvalue weighted by atomic mass is 35.5. The van der Waals surface area contributed by atoms with Crippen molar-refractivity contribution in [2.45, 2.75) is 5.12 Å². The summed E-state index contributed by atoms with van der Waals surface area (Å²) in [5.74, 6) is -0.757. The molecule has 1 aliphatic rings. The lowest BCUT2D eigenvalue weighted by atomic mass is 10.6. The fourth-order valence-electron chi connectivity index (χ4n) is 0.427. The molecule has 0 fully saturated rings. The number of alkyl halides is 1. The van der Waals surface area contributed by atoms with E-state index in [9.17, 15) is 14.9 Å². The van der Waals surface area contributed by atoms with Crippen molar-refractivity contribution in [1.82, 2.24) is 0 Å². The van der Waals surface area contributed by atoms with Gasteiger partial charge in [-0.1, -0.05) is 0 Å². The van der Waals surface area contributed by atoms with Crippen LogP contribution in [0.5, 0.6) is 0 Å². The van der Waals surface area contributed by atoms with Crippen molar-refractivity contribution in [3.63, 3.8) is 0 Å². The zero-order chi connectivity index (χ0) is 8.48. The first-order valence-electron chi connectivity index (χ1n) is 2.40. The smallest absolute Gasteiger partial charge is 0.390 e. The quantitative estimate of drug-likeness (QED) is 0.187. The van der Waals surface area contributed by atoms with Crippen LogP contribution < -0.4 is 0 Å². The molecule has 0 saturated carbocycles. The summed E-state index contributed by atoms with van der Waals surface area (Å²) in [4.78, 5) is 22.3. The Kier molecular flexibility index (Phi) is 1.65. The number of nitro groups is 1. The number of hydrogen-bond acceptors (Lipinski definition) is 6. The van der Waals surface area contributed by atoms with Gasteiger partial charge in [-0.15, -0.1) is 0 Å². The van der Waals surface area contributed by atoms with Gasteiger partial charge in [0.05, 0.1) is 5.11 Å². The highest BCUT2D eigenvalue weighted by Crippen LogP contribution is 2.21. The van der Waals surface area contributed by atoms with Crippen molar-refractivity contribution in [2.75, 3.05) is 0 Å². The summed E-state index contributed by atoms with van der Waals surface area (Å²) in [6.07, 6.45) is 0.161. The second-order valence-corrected chi connectivity index (χ2v) is 2.18. The molecule has 0 spiro atoms. The Labute approximate surface area is 64.9 Å². The number of guanidine groups is 1. The molecule has 0 radical (unpaired) electrons. The number of halogens is 1. The van der Waals surface area contributed by atoms with Crippen LogP contribution in [0.4, 0.5) is 0 Å². The van der Waals surface area contributed by atoms with Crippen molar-refractivity contribution in [3.05, 3.63) is 10.1 Å². The highest BCUT2D eigenvalue weighted by molar-refractivity contribution is 6.32. The Balaban J connectivity index is 2.94. The number of nitrogens with zero attached hydrogens (tertiary/aromatic N) is 4. The Bertz CT molecular complexity index is 274. The Morgan fingerprint density at radius 2 is 2.36 bits per heavy atom. The summed E-state index contributed by atoms with van der Waals surface area (Å²) >= 11 is 5.27. The molecule has 58 valence electrons. The topological polar surface area (TPSA) is 97.3 Å². The largest absolute Gasteiger partial charge is 0.490 e. The summed E-state index contributed by atoms with van der Waals surface area (Å²) in [6, 6.07) is 0. The first-order chi connectivity index (χ1) is 5.07. The van der Waals surface area contributed by atoms with Gasteiger partial charge in [-0.3, -0.25) is 4.79 Å². The van der Waals surface area contributed by atoms with E-state index in [2.05, 4.69) is 15.2 Å². The lowest BCUT2D eigenvalue weighted by Crippen LogP contribution is -2.15. The maximum absolute atomic E-state index is 10.1. The third kappa shape index (κ3) is 1.37. The van der Waals surface area contributed by atoms with Crippen LogP contribution in [0.2, 0.25) is 0 Å². The molecular formula is C3HClN4O3. The monoisotopic (exact) mass is 176 g/mol. The average Bonchev–Trinajstić information content (AvgIpc) is 2.33. The van der Waals surface area contributed by atoms with Crippen LogP contribution in [0.15, 0.2) is 15.2 Å². The van der Waals surface area contributed by atoms with Gasteiger partial charge in [0.25, 0.3) is 0 Å². The first-order valence-corrected chi connectivity index (χ1v) is 2.77. The van der Waals surface area contributed by atoms with E-state index in [0.717, 1.165) is 0 Å².